The number of sulfonamides is 1. The first-order valence-electron chi connectivity index (χ1n) is 10.0. The molecule has 1 heterocycles. The van der Waals surface area contributed by atoms with Gasteiger partial charge in [-0.2, -0.15) is 4.31 Å². The number of likely N-dealkylation sites (N-methyl/N-ethyl adjacent to an activating group) is 1. The van der Waals surface area contributed by atoms with Crippen molar-refractivity contribution in [2.24, 2.45) is 0 Å². The predicted molar refractivity (Wildman–Crippen MR) is 114 cm³/mol. The Balaban J connectivity index is 1.76. The highest BCUT2D eigenvalue weighted by Gasteiger charge is 2.30. The van der Waals surface area contributed by atoms with Gasteiger partial charge in [0, 0.05) is 25.8 Å². The Morgan fingerprint density at radius 2 is 1.71 bits per heavy atom. The fourth-order valence-electron chi connectivity index (χ4n) is 3.40. The van der Waals surface area contributed by atoms with Crippen LogP contribution in [0.1, 0.15) is 36.5 Å². The van der Waals surface area contributed by atoms with Crippen molar-refractivity contribution in [1.82, 2.24) is 4.31 Å². The van der Waals surface area contributed by atoms with E-state index < -0.39 is 38.7 Å². The number of ether oxygens (including phenoxy) is 1. The van der Waals surface area contributed by atoms with Gasteiger partial charge in [-0.1, -0.05) is 24.6 Å². The van der Waals surface area contributed by atoms with E-state index in [9.17, 15) is 22.4 Å². The summed E-state index contributed by atoms with van der Waals surface area (Å²) in [6.07, 6.45) is 1.21. The summed E-state index contributed by atoms with van der Waals surface area (Å²) in [5.74, 6) is -2.30. The molecule has 1 amide bonds. The topological polar surface area (TPSA) is 84.0 Å². The van der Waals surface area contributed by atoms with Gasteiger partial charge in [0.25, 0.3) is 5.91 Å². The quantitative estimate of drug-likeness (QED) is 0.634. The highest BCUT2D eigenvalue weighted by molar-refractivity contribution is 7.89. The van der Waals surface area contributed by atoms with Crippen LogP contribution in [-0.2, 0) is 19.6 Å². The first-order chi connectivity index (χ1) is 14.7. The zero-order valence-corrected chi connectivity index (χ0v) is 18.3. The third kappa shape index (κ3) is 5.11. The maximum atomic E-state index is 14.3. The number of carbonyl (C=O) groups is 2. The molecule has 1 atom stereocenters. The molecule has 9 heteroatoms. The Hall–Kier alpha value is -2.78. The number of carbonyl (C=O) groups excluding carboxylic acids is 2. The lowest BCUT2D eigenvalue weighted by Crippen LogP contribution is -2.37. The Labute approximate surface area is 181 Å². The van der Waals surface area contributed by atoms with Gasteiger partial charge in [-0.15, -0.1) is 0 Å². The average Bonchev–Trinajstić information content (AvgIpc) is 2.79. The molecular formula is C22H25FN2O5S. The third-order valence-corrected chi connectivity index (χ3v) is 7.12. The van der Waals surface area contributed by atoms with Gasteiger partial charge in [-0.05, 0) is 50.1 Å². The van der Waals surface area contributed by atoms with Gasteiger partial charge < -0.3 is 9.64 Å². The Kier molecular flexibility index (Phi) is 7.07. The molecule has 31 heavy (non-hydrogen) atoms. The lowest BCUT2D eigenvalue weighted by atomic mass is 10.2. The number of halogens is 1. The van der Waals surface area contributed by atoms with Gasteiger partial charge in [0.1, 0.15) is 10.7 Å². The van der Waals surface area contributed by atoms with Gasteiger partial charge in [-0.3, -0.25) is 4.79 Å². The number of rotatable bonds is 6. The molecule has 3 rings (SSSR count). The van der Waals surface area contributed by atoms with Gasteiger partial charge in [-0.25, -0.2) is 17.6 Å². The molecule has 2 aromatic carbocycles. The molecule has 1 aliphatic rings. The van der Waals surface area contributed by atoms with E-state index in [1.54, 1.807) is 31.3 Å². The van der Waals surface area contributed by atoms with Gasteiger partial charge in [0.15, 0.2) is 6.10 Å². The van der Waals surface area contributed by atoms with Crippen LogP contribution in [0.5, 0.6) is 0 Å². The molecule has 166 valence electrons. The number of esters is 1. The van der Waals surface area contributed by atoms with Gasteiger partial charge in [0.2, 0.25) is 10.0 Å². The van der Waals surface area contributed by atoms with Gasteiger partial charge >= 0.3 is 5.97 Å². The van der Waals surface area contributed by atoms with E-state index in [0.717, 1.165) is 24.6 Å². The van der Waals surface area contributed by atoms with E-state index in [4.69, 9.17) is 4.74 Å². The van der Waals surface area contributed by atoms with Crippen molar-refractivity contribution in [3.05, 3.63) is 59.9 Å². The number of benzene rings is 2. The Morgan fingerprint density at radius 1 is 1.06 bits per heavy atom. The second-order valence-corrected chi connectivity index (χ2v) is 9.30. The summed E-state index contributed by atoms with van der Waals surface area (Å²) in [6.45, 7) is 2.05. The molecule has 0 bridgehead atoms. The zero-order valence-electron chi connectivity index (χ0n) is 17.5. The lowest BCUT2D eigenvalue weighted by Gasteiger charge is -2.26. The summed E-state index contributed by atoms with van der Waals surface area (Å²) in [6, 6.07) is 11.9. The number of anilines is 1. The Bertz CT molecular complexity index is 1050. The number of nitrogens with zero attached hydrogens (tertiary/aromatic N) is 2. The van der Waals surface area contributed by atoms with E-state index in [1.807, 2.05) is 6.07 Å². The van der Waals surface area contributed by atoms with Crippen molar-refractivity contribution in [3.63, 3.8) is 0 Å². The van der Waals surface area contributed by atoms with E-state index >= 15 is 0 Å². The summed E-state index contributed by atoms with van der Waals surface area (Å²) < 4.78 is 46.5. The van der Waals surface area contributed by atoms with E-state index in [0.29, 0.717) is 31.6 Å². The van der Waals surface area contributed by atoms with E-state index in [1.165, 1.54) is 16.1 Å². The van der Waals surface area contributed by atoms with Crippen LogP contribution in [-0.4, -0.2) is 50.8 Å². The van der Waals surface area contributed by atoms with Crippen LogP contribution >= 0.6 is 0 Å². The highest BCUT2D eigenvalue weighted by Crippen LogP contribution is 2.24. The molecule has 0 radical (unpaired) electrons. The SMILES string of the molecule is CC(OC(=O)c1ccc(F)c(S(=O)(=O)N2CCCCC2)c1)C(=O)N(C)c1ccccc1. The van der Waals surface area contributed by atoms with Gasteiger partial charge in [0.05, 0.1) is 5.56 Å². The van der Waals surface area contributed by atoms with Crippen molar-refractivity contribution in [2.75, 3.05) is 25.0 Å². The van der Waals surface area contributed by atoms with E-state index in [2.05, 4.69) is 0 Å². The van der Waals surface area contributed by atoms with E-state index in [-0.39, 0.29) is 5.56 Å². The third-order valence-electron chi connectivity index (χ3n) is 5.21. The minimum Gasteiger partial charge on any atom is -0.449 e. The molecule has 0 aromatic heterocycles. The number of hydrogen-bond donors (Lipinski definition) is 0. The molecule has 1 saturated heterocycles. The first-order valence-corrected chi connectivity index (χ1v) is 11.5. The molecule has 0 aliphatic carbocycles. The standard InChI is InChI=1S/C22H25FN2O5S/c1-16(21(26)24(2)18-9-5-3-6-10-18)30-22(27)17-11-12-19(23)20(15-17)31(28,29)25-13-7-4-8-14-25/h3,5-6,9-12,15-16H,4,7-8,13-14H2,1-2H3. The van der Waals surface area contributed by atoms with Crippen molar-refractivity contribution >= 4 is 27.6 Å². The minimum absolute atomic E-state index is 0.140. The fraction of sp³-hybridized carbons (Fsp3) is 0.364. The van der Waals surface area contributed by atoms with Crippen LogP contribution in [0.2, 0.25) is 0 Å². The second-order valence-electron chi connectivity index (χ2n) is 7.39. The minimum atomic E-state index is -4.07. The number of hydrogen-bond acceptors (Lipinski definition) is 5. The molecule has 2 aromatic rings. The molecule has 7 nitrogen and oxygen atoms in total. The zero-order chi connectivity index (χ0) is 22.6. The highest BCUT2D eigenvalue weighted by atomic mass is 32.2. The lowest BCUT2D eigenvalue weighted by molar-refractivity contribution is -0.126. The molecular weight excluding hydrogens is 423 g/mol. The van der Waals surface area contributed by atoms with Crippen LogP contribution in [0.3, 0.4) is 0 Å². The largest absolute Gasteiger partial charge is 0.449 e. The van der Waals surface area contributed by atoms with Crippen LogP contribution in [0.4, 0.5) is 10.1 Å². The molecule has 0 saturated carbocycles. The van der Waals surface area contributed by atoms with Crippen molar-refractivity contribution < 1.29 is 27.1 Å². The monoisotopic (exact) mass is 448 g/mol. The van der Waals surface area contributed by atoms with Crippen LogP contribution in [0, 0.1) is 5.82 Å². The normalized spacial score (nSPS) is 15.8. The maximum Gasteiger partial charge on any atom is 0.338 e. The predicted octanol–water partition coefficient (Wildman–Crippen LogP) is 3.21. The van der Waals surface area contributed by atoms with Crippen LogP contribution in [0.25, 0.3) is 0 Å². The molecule has 1 fully saturated rings. The summed E-state index contributed by atoms with van der Waals surface area (Å²) in [7, 11) is -2.51. The molecule has 1 unspecified atom stereocenters. The number of amides is 1. The van der Waals surface area contributed by atoms with Crippen LogP contribution < -0.4 is 4.90 Å². The summed E-state index contributed by atoms with van der Waals surface area (Å²) in [5, 5.41) is 0. The fourth-order valence-corrected chi connectivity index (χ4v) is 5.01. The van der Waals surface area contributed by atoms with Crippen LogP contribution in [0.15, 0.2) is 53.4 Å². The summed E-state index contributed by atoms with van der Waals surface area (Å²) in [5.41, 5.74) is 0.492. The average molecular weight is 449 g/mol. The van der Waals surface area contributed by atoms with Crippen molar-refractivity contribution in [1.29, 1.82) is 0 Å². The number of piperidine rings is 1. The molecule has 0 spiro atoms. The van der Waals surface area contributed by atoms with Crippen molar-refractivity contribution in [3.8, 4) is 0 Å². The van der Waals surface area contributed by atoms with Crippen molar-refractivity contribution in [2.45, 2.75) is 37.2 Å². The smallest absolute Gasteiger partial charge is 0.338 e. The molecule has 1 aliphatic heterocycles. The Morgan fingerprint density at radius 3 is 2.35 bits per heavy atom. The second kappa shape index (κ2) is 9.57. The summed E-state index contributed by atoms with van der Waals surface area (Å²) >= 11 is 0. The maximum absolute atomic E-state index is 14.3. The first kappa shape index (κ1) is 22.9. The number of para-hydroxylation sites is 1. The molecule has 0 N–H and O–H groups in total. The summed E-state index contributed by atoms with van der Waals surface area (Å²) in [4.78, 5) is 25.9.